The molecular weight excluding hydrogens is 392 g/mol. The smallest absolute Gasteiger partial charge is 0.143 e. The molecule has 0 fully saturated rings. The van der Waals surface area contributed by atoms with Crippen molar-refractivity contribution in [2.24, 2.45) is 0 Å². The van der Waals surface area contributed by atoms with Gasteiger partial charge in [0.15, 0.2) is 0 Å². The maximum absolute atomic E-state index is 6.25. The average Bonchev–Trinajstić information content (AvgIpc) is 3.45. The molecule has 3 aromatic heterocycles. The number of hydrogen-bond donors (Lipinski definition) is 0. The number of imidazole rings is 1. The summed E-state index contributed by atoms with van der Waals surface area (Å²) in [5.41, 5.74) is 7.30. The molecule has 7 aromatic rings. The van der Waals surface area contributed by atoms with Gasteiger partial charge in [0.25, 0.3) is 0 Å². The lowest BCUT2D eigenvalue weighted by atomic mass is 9.94. The summed E-state index contributed by atoms with van der Waals surface area (Å²) in [4.78, 5) is 4.75. The first kappa shape index (κ1) is 17.3. The lowest BCUT2D eigenvalue weighted by Crippen LogP contribution is -1.84. The molecule has 7 rings (SSSR count). The Balaban J connectivity index is 1.43. The molecule has 3 heterocycles. The van der Waals surface area contributed by atoms with Crippen LogP contribution in [0.3, 0.4) is 0 Å². The van der Waals surface area contributed by atoms with Crippen molar-refractivity contribution in [1.29, 1.82) is 0 Å². The van der Waals surface area contributed by atoms with Crippen LogP contribution in [0.1, 0.15) is 0 Å². The highest BCUT2D eigenvalue weighted by Gasteiger charge is 2.14. The van der Waals surface area contributed by atoms with Crippen LogP contribution < -0.4 is 0 Å². The first-order valence-corrected chi connectivity index (χ1v) is 10.7. The Morgan fingerprint density at radius 1 is 0.625 bits per heavy atom. The zero-order valence-corrected chi connectivity index (χ0v) is 17.2. The molecule has 0 aliphatic rings. The number of nitrogens with zero attached hydrogens (tertiary/aromatic N) is 2. The van der Waals surface area contributed by atoms with Gasteiger partial charge in [-0.3, -0.25) is 0 Å². The van der Waals surface area contributed by atoms with Gasteiger partial charge < -0.3 is 8.82 Å². The fourth-order valence-electron chi connectivity index (χ4n) is 4.68. The Hall–Kier alpha value is -4.37. The number of aromatic nitrogens is 2. The van der Waals surface area contributed by atoms with Crippen molar-refractivity contribution in [3.63, 3.8) is 0 Å². The summed E-state index contributed by atoms with van der Waals surface area (Å²) in [6, 6.07) is 33.7. The summed E-state index contributed by atoms with van der Waals surface area (Å²) < 4.78 is 8.30. The second-order valence-corrected chi connectivity index (χ2v) is 8.11. The van der Waals surface area contributed by atoms with E-state index in [4.69, 9.17) is 9.40 Å². The minimum absolute atomic E-state index is 0.923. The Bertz CT molecular complexity index is 1740. The van der Waals surface area contributed by atoms with Crippen molar-refractivity contribution in [1.82, 2.24) is 9.38 Å². The van der Waals surface area contributed by atoms with Crippen LogP contribution >= 0.6 is 0 Å². The summed E-state index contributed by atoms with van der Waals surface area (Å²) >= 11 is 0. The number of para-hydroxylation sites is 1. The third-order valence-corrected chi connectivity index (χ3v) is 6.24. The van der Waals surface area contributed by atoms with Crippen molar-refractivity contribution in [3.05, 3.63) is 109 Å². The predicted molar refractivity (Wildman–Crippen MR) is 131 cm³/mol. The van der Waals surface area contributed by atoms with Gasteiger partial charge >= 0.3 is 0 Å². The molecule has 0 atom stereocenters. The van der Waals surface area contributed by atoms with Gasteiger partial charge in [0, 0.05) is 34.1 Å². The summed E-state index contributed by atoms with van der Waals surface area (Å²) in [5.74, 6) is 0. The first-order valence-electron chi connectivity index (χ1n) is 10.7. The Morgan fingerprint density at radius 2 is 1.34 bits per heavy atom. The second kappa shape index (κ2) is 6.56. The average molecular weight is 410 g/mol. The largest absolute Gasteiger partial charge is 0.455 e. The standard InChI is InChI=1S/C29H18N2O/c1-2-9-23-21(7-1)24(17-25-22-8-3-4-10-27(22)32-29(23)25)19-12-14-20(15-13-19)26-18-31-16-6-5-11-28(31)30-26/h1-18H. The molecule has 32 heavy (non-hydrogen) atoms. The zero-order valence-electron chi connectivity index (χ0n) is 17.2. The zero-order chi connectivity index (χ0) is 21.1. The number of benzene rings is 4. The van der Waals surface area contributed by atoms with Crippen molar-refractivity contribution >= 4 is 38.4 Å². The fourth-order valence-corrected chi connectivity index (χ4v) is 4.68. The molecule has 0 radical (unpaired) electrons. The van der Waals surface area contributed by atoms with E-state index in [1.807, 2.05) is 36.5 Å². The Morgan fingerprint density at radius 3 is 2.19 bits per heavy atom. The van der Waals surface area contributed by atoms with Gasteiger partial charge in [0.05, 0.1) is 5.69 Å². The molecule has 0 saturated carbocycles. The van der Waals surface area contributed by atoms with E-state index in [2.05, 4.69) is 77.3 Å². The SMILES string of the molecule is c1ccc2c(c1)oc1c3ccccc3c(-c3ccc(-c4cn5ccccc5n4)cc3)cc21. The van der Waals surface area contributed by atoms with Crippen molar-refractivity contribution in [3.8, 4) is 22.4 Å². The van der Waals surface area contributed by atoms with Crippen molar-refractivity contribution in [2.45, 2.75) is 0 Å². The highest BCUT2D eigenvalue weighted by atomic mass is 16.3. The first-order chi connectivity index (χ1) is 15.8. The van der Waals surface area contributed by atoms with Gasteiger partial charge in [0.2, 0.25) is 0 Å². The molecule has 3 nitrogen and oxygen atoms in total. The Labute approximate surface area is 184 Å². The number of fused-ring (bicyclic) bond motifs is 6. The second-order valence-electron chi connectivity index (χ2n) is 8.11. The van der Waals surface area contributed by atoms with Crippen LogP contribution in [-0.2, 0) is 0 Å². The normalized spacial score (nSPS) is 11.8. The maximum atomic E-state index is 6.25. The predicted octanol–water partition coefficient (Wildman–Crippen LogP) is 7.72. The molecule has 0 N–H and O–H groups in total. The van der Waals surface area contributed by atoms with Gasteiger partial charge in [-0.2, -0.15) is 0 Å². The molecular formula is C29H18N2O. The van der Waals surface area contributed by atoms with Gasteiger partial charge in [0.1, 0.15) is 16.8 Å². The summed E-state index contributed by atoms with van der Waals surface area (Å²) in [5, 5.41) is 4.63. The molecule has 0 unspecified atom stereocenters. The molecule has 0 aliphatic carbocycles. The number of hydrogen-bond acceptors (Lipinski definition) is 2. The third kappa shape index (κ3) is 2.51. The summed E-state index contributed by atoms with van der Waals surface area (Å²) in [6.45, 7) is 0. The Kier molecular flexibility index (Phi) is 3.55. The monoisotopic (exact) mass is 410 g/mol. The molecule has 3 heteroatoms. The maximum Gasteiger partial charge on any atom is 0.143 e. The van der Waals surface area contributed by atoms with Crippen LogP contribution in [0.4, 0.5) is 0 Å². The third-order valence-electron chi connectivity index (χ3n) is 6.24. The summed E-state index contributed by atoms with van der Waals surface area (Å²) in [6.07, 6.45) is 4.10. The lowest BCUT2D eigenvalue weighted by Gasteiger charge is -2.09. The lowest BCUT2D eigenvalue weighted by molar-refractivity contribution is 0.672. The molecule has 0 aliphatic heterocycles. The van der Waals surface area contributed by atoms with Crippen LogP contribution in [0.2, 0.25) is 0 Å². The molecule has 0 amide bonds. The van der Waals surface area contributed by atoms with E-state index in [1.54, 1.807) is 0 Å². The minimum Gasteiger partial charge on any atom is -0.455 e. The van der Waals surface area contributed by atoms with Gasteiger partial charge in [-0.25, -0.2) is 4.98 Å². The van der Waals surface area contributed by atoms with Gasteiger partial charge in [-0.15, -0.1) is 0 Å². The van der Waals surface area contributed by atoms with E-state index in [0.717, 1.165) is 44.2 Å². The van der Waals surface area contributed by atoms with Crippen LogP contribution in [0.15, 0.2) is 114 Å². The molecule has 0 bridgehead atoms. The molecule has 4 aromatic carbocycles. The highest BCUT2D eigenvalue weighted by molar-refractivity contribution is 6.19. The quantitative estimate of drug-likeness (QED) is 0.292. The van der Waals surface area contributed by atoms with Crippen molar-refractivity contribution in [2.75, 3.05) is 0 Å². The number of furan rings is 1. The number of rotatable bonds is 2. The number of pyridine rings is 1. The van der Waals surface area contributed by atoms with E-state index in [9.17, 15) is 0 Å². The van der Waals surface area contributed by atoms with E-state index in [0.29, 0.717) is 0 Å². The summed E-state index contributed by atoms with van der Waals surface area (Å²) in [7, 11) is 0. The molecule has 0 saturated heterocycles. The van der Waals surface area contributed by atoms with Gasteiger partial charge in [-0.05, 0) is 40.8 Å². The van der Waals surface area contributed by atoms with E-state index in [1.165, 1.54) is 16.5 Å². The van der Waals surface area contributed by atoms with Gasteiger partial charge in [-0.1, -0.05) is 72.8 Å². The minimum atomic E-state index is 0.923. The highest BCUT2D eigenvalue weighted by Crippen LogP contribution is 2.39. The van der Waals surface area contributed by atoms with Crippen molar-refractivity contribution < 1.29 is 4.42 Å². The van der Waals surface area contributed by atoms with Crippen LogP contribution in [0, 0.1) is 0 Å². The fraction of sp³-hybridized carbons (Fsp3) is 0. The van der Waals surface area contributed by atoms with E-state index < -0.39 is 0 Å². The van der Waals surface area contributed by atoms with Crippen LogP contribution in [0.25, 0.3) is 60.7 Å². The topological polar surface area (TPSA) is 30.4 Å². The van der Waals surface area contributed by atoms with E-state index >= 15 is 0 Å². The molecule has 150 valence electrons. The molecule has 0 spiro atoms. The van der Waals surface area contributed by atoms with Crippen LogP contribution in [-0.4, -0.2) is 9.38 Å². The van der Waals surface area contributed by atoms with Crippen LogP contribution in [0.5, 0.6) is 0 Å². The van der Waals surface area contributed by atoms with E-state index in [-0.39, 0.29) is 0 Å².